The van der Waals surface area contributed by atoms with E-state index in [4.69, 9.17) is 11.6 Å². The Bertz CT molecular complexity index is 2070. The van der Waals surface area contributed by atoms with Gasteiger partial charge in [0.2, 0.25) is 5.75 Å². The lowest BCUT2D eigenvalue weighted by Gasteiger charge is -2.21. The van der Waals surface area contributed by atoms with Gasteiger partial charge in [0.15, 0.2) is 11.6 Å². The van der Waals surface area contributed by atoms with Crippen LogP contribution in [0, 0.1) is 40.7 Å². The third kappa shape index (κ3) is 8.33. The molecule has 0 spiro atoms. The van der Waals surface area contributed by atoms with E-state index in [0.29, 0.717) is 48.4 Å². The summed E-state index contributed by atoms with van der Waals surface area (Å²) < 4.78 is 179. The lowest BCUT2D eigenvalue weighted by molar-refractivity contribution is -0.276. The fourth-order valence-corrected chi connectivity index (χ4v) is 5.60. The first-order chi connectivity index (χ1) is 24.4. The average molecular weight is 761 g/mol. The van der Waals surface area contributed by atoms with Crippen molar-refractivity contribution >= 4 is 11.6 Å². The predicted molar refractivity (Wildman–Crippen MR) is 168 cm³/mol. The highest BCUT2D eigenvalue weighted by molar-refractivity contribution is 6.33. The molecule has 0 aliphatic rings. The first kappa shape index (κ1) is 38.1. The van der Waals surface area contributed by atoms with Gasteiger partial charge in [0, 0.05) is 11.6 Å². The minimum Gasteiger partial charge on any atom is -0.429 e. The SMILES string of the molecule is C/C=C/CCc1ccc(-c2cc(F)c(C(F)(F)Oc3cc(F)c(-c4cc(F)c(-c5cc(F)c(OC(F)(F)F)c(F)c5)c(F)c4)c(Cl)c3)c(F)c2)cc1. The molecule has 5 rings (SSSR count). The van der Waals surface area contributed by atoms with E-state index >= 15 is 30.7 Å². The zero-order valence-corrected chi connectivity index (χ0v) is 27.0. The lowest BCUT2D eigenvalue weighted by Crippen LogP contribution is -2.25. The monoisotopic (exact) mass is 760 g/mol. The summed E-state index contributed by atoms with van der Waals surface area (Å²) in [5.74, 6) is -14.9. The Hall–Kier alpha value is -5.11. The standard InChI is InChI=1S/C37H21ClF12O2/c1-2-3-4-5-18-6-8-19(9-7-18)20-10-28(42)34(29(43)11-20)36(46,47)51-23-16-24(38)32(27(41)17-23)21-12-25(39)33(26(40)13-21)22-14-30(44)35(31(45)15-22)52-37(48,49)50/h2-3,6-17H,4-5H2,1H3/b3-2+. The highest BCUT2D eigenvalue weighted by Gasteiger charge is 2.42. The van der Waals surface area contributed by atoms with Gasteiger partial charge in [-0.1, -0.05) is 48.0 Å². The number of allylic oxidation sites excluding steroid dienone is 2. The van der Waals surface area contributed by atoms with Crippen LogP contribution in [-0.4, -0.2) is 6.36 Å². The maximum Gasteiger partial charge on any atom is 0.573 e. The summed E-state index contributed by atoms with van der Waals surface area (Å²) >= 11 is 6.05. The molecule has 272 valence electrons. The summed E-state index contributed by atoms with van der Waals surface area (Å²) in [5.41, 5.74) is -4.05. The topological polar surface area (TPSA) is 18.5 Å². The molecule has 15 heteroatoms. The maximum absolute atomic E-state index is 15.3. The van der Waals surface area contributed by atoms with Crippen LogP contribution in [-0.2, 0) is 12.5 Å². The average Bonchev–Trinajstić information content (AvgIpc) is 3.01. The van der Waals surface area contributed by atoms with Gasteiger partial charge >= 0.3 is 12.5 Å². The Morgan fingerprint density at radius 2 is 1.08 bits per heavy atom. The molecular formula is C37H21ClF12O2. The van der Waals surface area contributed by atoms with Crippen molar-refractivity contribution in [1.82, 2.24) is 0 Å². The Kier molecular flexibility index (Phi) is 10.9. The predicted octanol–water partition coefficient (Wildman–Crippen LogP) is 12.9. The summed E-state index contributed by atoms with van der Waals surface area (Å²) in [6.07, 6.45) is -4.89. The maximum atomic E-state index is 15.3. The van der Waals surface area contributed by atoms with Crippen molar-refractivity contribution < 1.29 is 62.2 Å². The number of alkyl halides is 5. The van der Waals surface area contributed by atoms with Crippen LogP contribution in [0.2, 0.25) is 5.02 Å². The molecule has 0 heterocycles. The fourth-order valence-electron chi connectivity index (χ4n) is 5.29. The molecule has 0 amide bonds. The molecule has 0 fully saturated rings. The Labute approximate surface area is 292 Å². The Morgan fingerprint density at radius 1 is 0.577 bits per heavy atom. The van der Waals surface area contributed by atoms with Gasteiger partial charge in [-0.3, -0.25) is 0 Å². The quantitative estimate of drug-likeness (QED) is 0.104. The van der Waals surface area contributed by atoms with Gasteiger partial charge in [-0.05, 0) is 90.0 Å². The number of halogens is 13. The lowest BCUT2D eigenvalue weighted by atomic mass is 9.98. The van der Waals surface area contributed by atoms with Crippen molar-refractivity contribution in [2.24, 2.45) is 0 Å². The number of ether oxygens (including phenoxy) is 2. The molecule has 0 radical (unpaired) electrons. The highest BCUT2D eigenvalue weighted by atomic mass is 35.5. The van der Waals surface area contributed by atoms with Crippen molar-refractivity contribution in [3.8, 4) is 44.9 Å². The number of hydrogen-bond acceptors (Lipinski definition) is 2. The smallest absolute Gasteiger partial charge is 0.429 e. The summed E-state index contributed by atoms with van der Waals surface area (Å²) in [4.78, 5) is 0. The second-order valence-corrected chi connectivity index (χ2v) is 11.5. The van der Waals surface area contributed by atoms with Crippen molar-refractivity contribution in [2.45, 2.75) is 32.2 Å². The number of aryl methyl sites for hydroxylation is 1. The highest BCUT2D eigenvalue weighted by Crippen LogP contribution is 2.42. The van der Waals surface area contributed by atoms with E-state index in [9.17, 15) is 22.0 Å². The zero-order valence-electron chi connectivity index (χ0n) is 26.2. The summed E-state index contributed by atoms with van der Waals surface area (Å²) in [7, 11) is 0. The third-order valence-electron chi connectivity index (χ3n) is 7.55. The molecule has 5 aromatic carbocycles. The van der Waals surface area contributed by atoms with E-state index in [2.05, 4.69) is 9.47 Å². The molecule has 0 unspecified atom stereocenters. The molecule has 2 nitrogen and oxygen atoms in total. The molecule has 0 bridgehead atoms. The third-order valence-corrected chi connectivity index (χ3v) is 7.85. The first-order valence-electron chi connectivity index (χ1n) is 14.9. The molecule has 0 aliphatic carbocycles. The van der Waals surface area contributed by atoms with E-state index in [0.717, 1.165) is 12.0 Å². The summed E-state index contributed by atoms with van der Waals surface area (Å²) in [6.45, 7) is 1.87. The Morgan fingerprint density at radius 3 is 1.60 bits per heavy atom. The van der Waals surface area contributed by atoms with Gasteiger partial charge in [0.05, 0.1) is 10.6 Å². The summed E-state index contributed by atoms with van der Waals surface area (Å²) in [6, 6.07) is 10.00. The van der Waals surface area contributed by atoms with Crippen LogP contribution in [0.15, 0.2) is 84.9 Å². The molecule has 5 aromatic rings. The minimum absolute atomic E-state index is 0.0544. The van der Waals surface area contributed by atoms with Crippen LogP contribution in [0.1, 0.15) is 24.5 Å². The van der Waals surface area contributed by atoms with Crippen LogP contribution in [0.25, 0.3) is 33.4 Å². The van der Waals surface area contributed by atoms with Gasteiger partial charge in [0.1, 0.15) is 40.4 Å². The molecule has 0 N–H and O–H groups in total. The molecule has 0 saturated carbocycles. The molecule has 0 atom stereocenters. The van der Waals surface area contributed by atoms with Gasteiger partial charge in [-0.25, -0.2) is 30.7 Å². The number of benzene rings is 5. The van der Waals surface area contributed by atoms with E-state index in [1.54, 1.807) is 24.3 Å². The van der Waals surface area contributed by atoms with Gasteiger partial charge < -0.3 is 9.47 Å². The van der Waals surface area contributed by atoms with E-state index in [1.165, 1.54) is 0 Å². The second-order valence-electron chi connectivity index (χ2n) is 11.1. The number of hydrogen-bond donors (Lipinski definition) is 0. The normalized spacial score (nSPS) is 12.1. The molecule has 0 aromatic heterocycles. The van der Waals surface area contributed by atoms with Crippen molar-refractivity contribution in [3.63, 3.8) is 0 Å². The molecule has 52 heavy (non-hydrogen) atoms. The van der Waals surface area contributed by atoms with Crippen LogP contribution in [0.4, 0.5) is 52.7 Å². The molecular weight excluding hydrogens is 740 g/mol. The van der Waals surface area contributed by atoms with Crippen LogP contribution in [0.5, 0.6) is 11.5 Å². The largest absolute Gasteiger partial charge is 0.573 e. The van der Waals surface area contributed by atoms with Crippen molar-refractivity contribution in [3.05, 3.63) is 142 Å². The molecule has 0 aliphatic heterocycles. The molecule has 0 saturated heterocycles. The fraction of sp³-hybridized carbons (Fsp3) is 0.135. The van der Waals surface area contributed by atoms with Crippen LogP contribution < -0.4 is 9.47 Å². The Balaban J connectivity index is 1.40. The van der Waals surface area contributed by atoms with Crippen molar-refractivity contribution in [1.29, 1.82) is 0 Å². The minimum atomic E-state index is -5.49. The van der Waals surface area contributed by atoms with E-state index in [1.807, 2.05) is 19.1 Å². The summed E-state index contributed by atoms with van der Waals surface area (Å²) in [5, 5.41) is -0.770. The van der Waals surface area contributed by atoms with Crippen molar-refractivity contribution in [2.75, 3.05) is 0 Å². The van der Waals surface area contributed by atoms with E-state index in [-0.39, 0.29) is 17.7 Å². The van der Waals surface area contributed by atoms with Crippen LogP contribution in [0.3, 0.4) is 0 Å². The van der Waals surface area contributed by atoms with Gasteiger partial charge in [-0.2, -0.15) is 8.78 Å². The van der Waals surface area contributed by atoms with Crippen LogP contribution >= 0.6 is 11.6 Å². The first-order valence-corrected chi connectivity index (χ1v) is 15.3. The van der Waals surface area contributed by atoms with E-state index < -0.39 is 97.5 Å². The second kappa shape index (κ2) is 14.9. The van der Waals surface area contributed by atoms with Gasteiger partial charge in [0.25, 0.3) is 0 Å². The number of rotatable bonds is 10. The zero-order chi connectivity index (χ0) is 38.1. The van der Waals surface area contributed by atoms with Gasteiger partial charge in [-0.15, -0.1) is 13.2 Å².